The Morgan fingerprint density at radius 1 is 1.39 bits per heavy atom. The van der Waals surface area contributed by atoms with Crippen molar-refractivity contribution in [3.8, 4) is 5.88 Å². The first-order chi connectivity index (χ1) is 8.61. The van der Waals surface area contributed by atoms with Crippen LogP contribution in [0.5, 0.6) is 5.88 Å². The van der Waals surface area contributed by atoms with Crippen LogP contribution in [0, 0.1) is 0 Å². The molecule has 0 aliphatic rings. The fraction of sp³-hybridized carbons (Fsp3) is 0.0909. The molecule has 2 heterocycles. The van der Waals surface area contributed by atoms with Gasteiger partial charge in [0.1, 0.15) is 5.52 Å². The summed E-state index contributed by atoms with van der Waals surface area (Å²) in [5, 5.41) is 9.45. The monoisotopic (exact) mass is 309 g/mol. The highest BCUT2D eigenvalue weighted by Crippen LogP contribution is 2.22. The van der Waals surface area contributed by atoms with E-state index in [2.05, 4.69) is 30.9 Å². The number of nitrogens with zero attached hydrogens (tertiary/aromatic N) is 1. The number of hydrogen-bond donors (Lipinski definition) is 3. The molecular formula is C11H8BrN3O3. The van der Waals surface area contributed by atoms with Crippen LogP contribution in [0.25, 0.3) is 11.1 Å². The predicted octanol–water partition coefficient (Wildman–Crippen LogP) is 1.90. The quantitative estimate of drug-likeness (QED) is 0.674. The average molecular weight is 310 g/mol. The number of hydrogen-bond acceptors (Lipinski definition) is 4. The lowest BCUT2D eigenvalue weighted by Gasteiger charge is -1.92. The predicted molar refractivity (Wildman–Crippen MR) is 67.6 cm³/mol. The Balaban J connectivity index is 2.00. The Bertz CT molecular complexity index is 771. The van der Waals surface area contributed by atoms with Crippen LogP contribution in [0.3, 0.4) is 0 Å². The minimum atomic E-state index is -0.457. The van der Waals surface area contributed by atoms with E-state index in [1.807, 2.05) is 18.2 Å². The van der Waals surface area contributed by atoms with Crippen molar-refractivity contribution in [2.75, 3.05) is 0 Å². The molecule has 0 unspecified atom stereocenters. The third-order valence-electron chi connectivity index (χ3n) is 2.50. The molecular weight excluding hydrogens is 302 g/mol. The van der Waals surface area contributed by atoms with Crippen molar-refractivity contribution < 1.29 is 9.52 Å². The van der Waals surface area contributed by atoms with E-state index >= 15 is 0 Å². The van der Waals surface area contributed by atoms with Gasteiger partial charge < -0.3 is 14.5 Å². The van der Waals surface area contributed by atoms with Crippen molar-refractivity contribution in [2.24, 2.45) is 0 Å². The molecule has 0 saturated heterocycles. The second kappa shape index (κ2) is 4.02. The lowest BCUT2D eigenvalue weighted by Crippen LogP contribution is -2.01. The number of imidazole rings is 1. The molecule has 0 atom stereocenters. The van der Waals surface area contributed by atoms with Gasteiger partial charge in [-0.05, 0) is 18.2 Å². The van der Waals surface area contributed by atoms with Crippen molar-refractivity contribution in [1.82, 2.24) is 15.0 Å². The number of aromatic nitrogens is 3. The molecule has 3 N–H and O–H groups in total. The molecule has 0 aliphatic carbocycles. The highest BCUT2D eigenvalue weighted by atomic mass is 79.9. The number of rotatable bonds is 2. The molecule has 0 saturated carbocycles. The van der Waals surface area contributed by atoms with Gasteiger partial charge in [-0.15, -0.1) is 0 Å². The first-order valence-electron chi connectivity index (χ1n) is 5.17. The standard InChI is InChI=1S/C11H8BrN3O3/c12-5-1-2-6-8(3-5)18-9(13-6)4-7-10(16)15-11(17)14-7/h1-3,16H,4H2,(H2,14,15,17). The van der Waals surface area contributed by atoms with Gasteiger partial charge in [0, 0.05) is 4.47 Å². The molecule has 0 amide bonds. The van der Waals surface area contributed by atoms with E-state index in [1.165, 1.54) is 0 Å². The van der Waals surface area contributed by atoms with Gasteiger partial charge in [-0.2, -0.15) is 0 Å². The second-order valence-electron chi connectivity index (χ2n) is 3.80. The number of fused-ring (bicyclic) bond motifs is 1. The van der Waals surface area contributed by atoms with Crippen molar-refractivity contribution in [3.63, 3.8) is 0 Å². The van der Waals surface area contributed by atoms with Crippen LogP contribution < -0.4 is 5.69 Å². The maximum absolute atomic E-state index is 11.0. The van der Waals surface area contributed by atoms with Crippen LogP contribution in [-0.4, -0.2) is 20.1 Å². The normalized spacial score (nSPS) is 11.2. The van der Waals surface area contributed by atoms with Gasteiger partial charge in [0.2, 0.25) is 11.8 Å². The van der Waals surface area contributed by atoms with Crippen molar-refractivity contribution in [1.29, 1.82) is 0 Å². The van der Waals surface area contributed by atoms with Crippen molar-refractivity contribution >= 4 is 27.0 Å². The number of H-pyrrole nitrogens is 2. The summed E-state index contributed by atoms with van der Waals surface area (Å²) in [6, 6.07) is 5.50. The minimum Gasteiger partial charge on any atom is -0.493 e. The van der Waals surface area contributed by atoms with Crippen LogP contribution in [0.4, 0.5) is 0 Å². The van der Waals surface area contributed by atoms with Gasteiger partial charge in [-0.3, -0.25) is 4.98 Å². The summed E-state index contributed by atoms with van der Waals surface area (Å²) in [6.07, 6.45) is 0.219. The van der Waals surface area contributed by atoms with Gasteiger partial charge in [0.15, 0.2) is 5.58 Å². The third-order valence-corrected chi connectivity index (χ3v) is 3.00. The minimum absolute atomic E-state index is 0.191. The molecule has 18 heavy (non-hydrogen) atoms. The van der Waals surface area contributed by atoms with Crippen LogP contribution >= 0.6 is 15.9 Å². The topological polar surface area (TPSA) is 94.9 Å². The Hall–Kier alpha value is -2.02. The summed E-state index contributed by atoms with van der Waals surface area (Å²) in [7, 11) is 0. The molecule has 7 heteroatoms. The number of nitrogens with one attached hydrogen (secondary N) is 2. The number of oxazole rings is 1. The lowest BCUT2D eigenvalue weighted by molar-refractivity contribution is 0.446. The molecule has 0 fully saturated rings. The number of halogens is 1. The zero-order valence-corrected chi connectivity index (χ0v) is 10.6. The molecule has 6 nitrogen and oxygen atoms in total. The van der Waals surface area contributed by atoms with Crippen molar-refractivity contribution in [2.45, 2.75) is 6.42 Å². The van der Waals surface area contributed by atoms with Crippen LogP contribution in [0.15, 0.2) is 31.9 Å². The molecule has 92 valence electrons. The first kappa shape index (κ1) is 11.1. The Labute approximate surface area is 109 Å². The van der Waals surface area contributed by atoms with Gasteiger partial charge in [0.25, 0.3) is 0 Å². The lowest BCUT2D eigenvalue weighted by atomic mass is 10.3. The fourth-order valence-electron chi connectivity index (χ4n) is 1.71. The summed E-state index contributed by atoms with van der Waals surface area (Å²) in [6.45, 7) is 0. The van der Waals surface area contributed by atoms with Gasteiger partial charge in [0.05, 0.1) is 12.1 Å². The van der Waals surface area contributed by atoms with Gasteiger partial charge in [-0.1, -0.05) is 15.9 Å². The molecule has 3 rings (SSSR count). The van der Waals surface area contributed by atoms with E-state index in [-0.39, 0.29) is 12.3 Å². The summed E-state index contributed by atoms with van der Waals surface area (Å²) in [5.74, 6) is 0.233. The summed E-state index contributed by atoms with van der Waals surface area (Å²) < 4.78 is 6.43. The summed E-state index contributed by atoms with van der Waals surface area (Å²) in [4.78, 5) is 20.0. The van der Waals surface area contributed by atoms with E-state index in [9.17, 15) is 9.90 Å². The summed E-state index contributed by atoms with van der Waals surface area (Å²) >= 11 is 3.34. The average Bonchev–Trinajstić information content (AvgIpc) is 2.82. The third kappa shape index (κ3) is 1.92. The van der Waals surface area contributed by atoms with Crippen LogP contribution in [0.2, 0.25) is 0 Å². The van der Waals surface area contributed by atoms with E-state index in [4.69, 9.17) is 4.42 Å². The molecule has 1 aromatic carbocycles. The zero-order chi connectivity index (χ0) is 12.7. The molecule has 0 spiro atoms. The Morgan fingerprint density at radius 2 is 2.22 bits per heavy atom. The van der Waals surface area contributed by atoms with Crippen LogP contribution in [0.1, 0.15) is 11.6 Å². The maximum atomic E-state index is 11.0. The van der Waals surface area contributed by atoms with Crippen molar-refractivity contribution in [3.05, 3.63) is 44.7 Å². The van der Waals surface area contributed by atoms with Gasteiger partial charge in [-0.25, -0.2) is 9.78 Å². The zero-order valence-electron chi connectivity index (χ0n) is 9.03. The fourth-order valence-corrected chi connectivity index (χ4v) is 2.05. The molecule has 0 bridgehead atoms. The highest BCUT2D eigenvalue weighted by molar-refractivity contribution is 9.10. The number of benzene rings is 1. The maximum Gasteiger partial charge on any atom is 0.325 e. The molecule has 0 radical (unpaired) electrons. The molecule has 3 aromatic rings. The Kier molecular flexibility index (Phi) is 2.48. The van der Waals surface area contributed by atoms with E-state index < -0.39 is 5.69 Å². The Morgan fingerprint density at radius 3 is 2.94 bits per heavy atom. The van der Waals surface area contributed by atoms with E-state index in [0.29, 0.717) is 17.2 Å². The molecule has 0 aliphatic heterocycles. The second-order valence-corrected chi connectivity index (χ2v) is 4.72. The number of aromatic amines is 2. The van der Waals surface area contributed by atoms with E-state index in [1.54, 1.807) is 0 Å². The van der Waals surface area contributed by atoms with Gasteiger partial charge >= 0.3 is 5.69 Å². The van der Waals surface area contributed by atoms with Crippen LogP contribution in [-0.2, 0) is 6.42 Å². The summed E-state index contributed by atoms with van der Waals surface area (Å²) in [5.41, 5.74) is 1.27. The first-order valence-corrected chi connectivity index (χ1v) is 5.96. The van der Waals surface area contributed by atoms with E-state index in [0.717, 1.165) is 9.99 Å². The smallest absolute Gasteiger partial charge is 0.325 e. The largest absolute Gasteiger partial charge is 0.493 e. The number of aromatic hydroxyl groups is 1. The highest BCUT2D eigenvalue weighted by Gasteiger charge is 2.11. The molecule has 2 aromatic heterocycles. The SMILES string of the molecule is O=c1[nH]c(O)c(Cc2nc3ccc(Br)cc3o2)[nH]1.